The van der Waals surface area contributed by atoms with Crippen LogP contribution in [0.2, 0.25) is 0 Å². The van der Waals surface area contributed by atoms with Crippen molar-refractivity contribution in [3.63, 3.8) is 0 Å². The fourth-order valence-electron chi connectivity index (χ4n) is 2.16. The Balaban J connectivity index is 2.47. The van der Waals surface area contributed by atoms with E-state index in [1.807, 2.05) is 43.3 Å². The Morgan fingerprint density at radius 2 is 1.71 bits per heavy atom. The Labute approximate surface area is 140 Å². The third-order valence-electron chi connectivity index (χ3n) is 3.52. The van der Waals surface area contributed by atoms with E-state index >= 15 is 0 Å². The first-order valence-corrected chi connectivity index (χ1v) is 7.42. The number of carbonyl (C=O) groups excluding carboxylic acids is 3. The Morgan fingerprint density at radius 1 is 1.04 bits per heavy atom. The summed E-state index contributed by atoms with van der Waals surface area (Å²) in [7, 11) is 3.87. The molecule has 0 radical (unpaired) electrons. The number of Topliss-reactive ketones (excluding diaryl/α,β-unsaturated/α-hetero) is 1. The molecule has 1 heterocycles. The van der Waals surface area contributed by atoms with Crippen molar-refractivity contribution in [3.05, 3.63) is 59.9 Å². The van der Waals surface area contributed by atoms with E-state index in [4.69, 9.17) is 0 Å². The lowest BCUT2D eigenvalue weighted by atomic mass is 9.95. The number of ketones is 1. The fourth-order valence-corrected chi connectivity index (χ4v) is 2.16. The van der Waals surface area contributed by atoms with Crippen LogP contribution < -0.4 is 4.90 Å². The number of hydrogen-bond donors (Lipinski definition) is 0. The Kier molecular flexibility index (Phi) is 5.73. The van der Waals surface area contributed by atoms with Gasteiger partial charge in [0.15, 0.2) is 5.78 Å². The maximum Gasteiger partial charge on any atom is 0.182 e. The van der Waals surface area contributed by atoms with Gasteiger partial charge >= 0.3 is 0 Å². The third-order valence-corrected chi connectivity index (χ3v) is 3.52. The van der Waals surface area contributed by atoms with Gasteiger partial charge in [0.1, 0.15) is 18.5 Å². The minimum absolute atomic E-state index is 0.234. The van der Waals surface area contributed by atoms with Crippen LogP contribution in [0, 0.1) is 5.92 Å². The lowest BCUT2D eigenvalue weighted by Crippen LogP contribution is -2.19. The third kappa shape index (κ3) is 4.01. The molecule has 0 bridgehead atoms. The number of nitrogens with zero attached hydrogens (tertiary/aromatic N) is 2. The predicted octanol–water partition coefficient (Wildman–Crippen LogP) is 2.27. The van der Waals surface area contributed by atoms with Crippen molar-refractivity contribution in [1.82, 2.24) is 4.98 Å². The van der Waals surface area contributed by atoms with Crippen molar-refractivity contribution in [2.45, 2.75) is 0 Å². The maximum atomic E-state index is 12.5. The second-order valence-corrected chi connectivity index (χ2v) is 5.42. The van der Waals surface area contributed by atoms with Crippen molar-refractivity contribution in [2.24, 2.45) is 5.92 Å². The predicted molar refractivity (Wildman–Crippen MR) is 93.5 cm³/mol. The highest BCUT2D eigenvalue weighted by molar-refractivity contribution is 6.32. The van der Waals surface area contributed by atoms with Crippen LogP contribution in [0.4, 0.5) is 5.69 Å². The molecule has 122 valence electrons. The number of pyridine rings is 1. The van der Waals surface area contributed by atoms with E-state index < -0.39 is 11.7 Å². The van der Waals surface area contributed by atoms with Crippen molar-refractivity contribution >= 4 is 35.7 Å². The molecule has 5 nitrogen and oxygen atoms in total. The first-order chi connectivity index (χ1) is 11.6. The van der Waals surface area contributed by atoms with Gasteiger partial charge in [-0.05, 0) is 35.9 Å². The van der Waals surface area contributed by atoms with Gasteiger partial charge in [0.05, 0.1) is 5.69 Å². The average molecular weight is 322 g/mol. The molecule has 0 saturated heterocycles. The number of aromatic nitrogens is 1. The molecule has 0 aliphatic rings. The van der Waals surface area contributed by atoms with Gasteiger partial charge in [-0.25, -0.2) is 0 Å². The molecule has 2 rings (SSSR count). The zero-order chi connectivity index (χ0) is 17.5. The van der Waals surface area contributed by atoms with Gasteiger partial charge in [0.25, 0.3) is 0 Å². The number of rotatable bonds is 7. The number of carbonyl (C=O) groups is 3. The molecule has 24 heavy (non-hydrogen) atoms. The van der Waals surface area contributed by atoms with Gasteiger partial charge in [0, 0.05) is 31.6 Å². The van der Waals surface area contributed by atoms with Crippen LogP contribution >= 0.6 is 0 Å². The highest BCUT2D eigenvalue weighted by Crippen LogP contribution is 2.21. The number of allylic oxidation sites excluding steroid dienone is 1. The Hall–Kier alpha value is -3.08. The molecule has 0 aliphatic heterocycles. The molecule has 0 spiro atoms. The van der Waals surface area contributed by atoms with E-state index in [1.165, 1.54) is 0 Å². The van der Waals surface area contributed by atoms with Crippen molar-refractivity contribution < 1.29 is 14.4 Å². The number of benzene rings is 1. The van der Waals surface area contributed by atoms with E-state index in [0.29, 0.717) is 18.3 Å². The highest BCUT2D eigenvalue weighted by atomic mass is 16.2. The summed E-state index contributed by atoms with van der Waals surface area (Å²) in [6, 6.07) is 12.7. The molecule has 0 fully saturated rings. The molecule has 1 aromatic carbocycles. The van der Waals surface area contributed by atoms with Crippen molar-refractivity contribution in [1.29, 1.82) is 0 Å². The molecule has 0 saturated carbocycles. The summed E-state index contributed by atoms with van der Waals surface area (Å²) in [5.41, 5.74) is 2.46. The summed E-state index contributed by atoms with van der Waals surface area (Å²) < 4.78 is 0. The maximum absolute atomic E-state index is 12.5. The average Bonchev–Trinajstić information content (AvgIpc) is 2.61. The van der Waals surface area contributed by atoms with Gasteiger partial charge in [-0.2, -0.15) is 0 Å². The SMILES string of the molecule is CN(C)c1ccc(C=C(C(=O)C(C=O)C=O)c2ccccn2)cc1. The molecule has 0 amide bonds. The smallest absolute Gasteiger partial charge is 0.182 e. The number of aldehydes is 2. The largest absolute Gasteiger partial charge is 0.378 e. The highest BCUT2D eigenvalue weighted by Gasteiger charge is 2.23. The van der Waals surface area contributed by atoms with Crippen LogP contribution in [0.25, 0.3) is 11.6 Å². The topological polar surface area (TPSA) is 67.3 Å². The summed E-state index contributed by atoms with van der Waals surface area (Å²) in [6.45, 7) is 0. The molecular weight excluding hydrogens is 304 g/mol. The van der Waals surface area contributed by atoms with Gasteiger partial charge in [-0.3, -0.25) is 9.78 Å². The van der Waals surface area contributed by atoms with Gasteiger partial charge in [0.2, 0.25) is 0 Å². The molecule has 5 heteroatoms. The second-order valence-electron chi connectivity index (χ2n) is 5.42. The van der Waals surface area contributed by atoms with Crippen molar-refractivity contribution in [2.75, 3.05) is 19.0 Å². The van der Waals surface area contributed by atoms with E-state index in [1.54, 1.807) is 30.5 Å². The van der Waals surface area contributed by atoms with Gasteiger partial charge < -0.3 is 14.5 Å². The molecule has 0 unspecified atom stereocenters. The molecule has 0 aliphatic carbocycles. The zero-order valence-corrected chi connectivity index (χ0v) is 13.5. The molecule has 0 N–H and O–H groups in total. The van der Waals surface area contributed by atoms with Gasteiger partial charge in [-0.15, -0.1) is 0 Å². The normalized spacial score (nSPS) is 11.2. The molecule has 1 aromatic heterocycles. The molecule has 0 atom stereocenters. The number of anilines is 1. The summed E-state index contributed by atoms with van der Waals surface area (Å²) in [4.78, 5) is 40.6. The molecular formula is C19H18N2O3. The fraction of sp³-hybridized carbons (Fsp3) is 0.158. The Morgan fingerprint density at radius 3 is 2.21 bits per heavy atom. The standard InChI is InChI=1S/C19H18N2O3/c1-21(2)16-8-6-14(7-9-16)11-17(18-5-3-4-10-20-18)19(24)15(12-22)13-23/h3-13,15H,1-2H3. The monoisotopic (exact) mass is 322 g/mol. The lowest BCUT2D eigenvalue weighted by Gasteiger charge is -2.12. The van der Waals surface area contributed by atoms with E-state index in [2.05, 4.69) is 4.98 Å². The Bertz CT molecular complexity index is 742. The first-order valence-electron chi connectivity index (χ1n) is 7.42. The van der Waals surface area contributed by atoms with Crippen LogP contribution in [0.15, 0.2) is 48.7 Å². The van der Waals surface area contributed by atoms with E-state index in [9.17, 15) is 14.4 Å². The van der Waals surface area contributed by atoms with Crippen LogP contribution in [0.3, 0.4) is 0 Å². The summed E-state index contributed by atoms with van der Waals surface area (Å²) in [5, 5.41) is 0. The molecule has 2 aromatic rings. The van der Waals surface area contributed by atoms with Gasteiger partial charge in [-0.1, -0.05) is 18.2 Å². The lowest BCUT2D eigenvalue weighted by molar-refractivity contribution is -0.128. The summed E-state index contributed by atoms with van der Waals surface area (Å²) in [5.74, 6) is -1.88. The van der Waals surface area contributed by atoms with Crippen LogP contribution in [-0.4, -0.2) is 37.4 Å². The second kappa shape index (κ2) is 7.97. The van der Waals surface area contributed by atoms with Crippen LogP contribution in [-0.2, 0) is 14.4 Å². The quantitative estimate of drug-likeness (QED) is 0.444. The van der Waals surface area contributed by atoms with Crippen LogP contribution in [0.1, 0.15) is 11.3 Å². The number of hydrogen-bond acceptors (Lipinski definition) is 5. The van der Waals surface area contributed by atoms with Crippen molar-refractivity contribution in [3.8, 4) is 0 Å². The zero-order valence-electron chi connectivity index (χ0n) is 13.5. The minimum Gasteiger partial charge on any atom is -0.378 e. The minimum atomic E-state index is -1.32. The first kappa shape index (κ1) is 17.3. The van der Waals surface area contributed by atoms with Crippen LogP contribution in [0.5, 0.6) is 0 Å². The van der Waals surface area contributed by atoms with E-state index in [-0.39, 0.29) is 5.57 Å². The summed E-state index contributed by atoms with van der Waals surface area (Å²) >= 11 is 0. The van der Waals surface area contributed by atoms with E-state index in [0.717, 1.165) is 11.3 Å². The summed E-state index contributed by atoms with van der Waals surface area (Å²) in [6.07, 6.45) is 3.90.